The van der Waals surface area contributed by atoms with Gasteiger partial charge in [-0.1, -0.05) is 0 Å². The minimum atomic E-state index is -4.49. The predicted molar refractivity (Wildman–Crippen MR) is 96.9 cm³/mol. The molecule has 3 fully saturated rings. The van der Waals surface area contributed by atoms with E-state index in [1.807, 2.05) is 4.90 Å². The smallest absolute Gasteiger partial charge is 0.418 e. The van der Waals surface area contributed by atoms with E-state index in [9.17, 15) is 13.2 Å². The van der Waals surface area contributed by atoms with Crippen LogP contribution in [-0.2, 0) is 6.18 Å². The van der Waals surface area contributed by atoms with E-state index in [-0.39, 0.29) is 23.2 Å². The van der Waals surface area contributed by atoms with Crippen molar-refractivity contribution in [3.8, 4) is 10.6 Å². The van der Waals surface area contributed by atoms with E-state index >= 15 is 0 Å². The molecule has 5 nitrogen and oxygen atoms in total. The summed E-state index contributed by atoms with van der Waals surface area (Å²) in [5, 5.41) is 5.89. The molecule has 2 atom stereocenters. The molecule has 9 heteroatoms. The van der Waals surface area contributed by atoms with Crippen molar-refractivity contribution in [3.05, 3.63) is 29.3 Å². The van der Waals surface area contributed by atoms with E-state index in [1.54, 1.807) is 11.6 Å². The zero-order chi connectivity index (χ0) is 18.6. The van der Waals surface area contributed by atoms with Crippen LogP contribution < -0.4 is 10.2 Å². The highest BCUT2D eigenvalue weighted by atomic mass is 32.1. The molecule has 142 valence electrons. The van der Waals surface area contributed by atoms with Gasteiger partial charge in [-0.2, -0.15) is 18.2 Å². The minimum Gasteiger partial charge on any atom is -0.423 e. The number of alkyl halides is 3. The zero-order valence-corrected chi connectivity index (χ0v) is 15.1. The molecule has 0 amide bonds. The lowest BCUT2D eigenvalue weighted by Gasteiger charge is -2.36. The number of hydrogen-bond acceptors (Lipinski definition) is 6. The average molecular weight is 394 g/mol. The fraction of sp³-hybridized carbons (Fsp3) is 0.444. The van der Waals surface area contributed by atoms with Crippen LogP contribution in [-0.4, -0.2) is 35.1 Å². The monoisotopic (exact) mass is 394 g/mol. The van der Waals surface area contributed by atoms with Gasteiger partial charge in [0.25, 0.3) is 6.01 Å². The standard InChI is InChI=1S/C18H17F3N4OS/c19-18(20,21)13-5-4-12(16-22-6-7-27-16)15-14(13)24-17(26-15)25-9-10-2-1-3-11(25)8-23-10/h4-7,10-11,23H,1-3,8-9H2. The van der Waals surface area contributed by atoms with Gasteiger partial charge in [0, 0.05) is 36.8 Å². The molecule has 1 N–H and O–H groups in total. The molecule has 0 aliphatic carbocycles. The number of anilines is 1. The number of halogens is 3. The molecule has 3 aliphatic rings. The molecule has 2 unspecified atom stereocenters. The fourth-order valence-electron chi connectivity index (χ4n) is 4.02. The van der Waals surface area contributed by atoms with E-state index in [0.29, 0.717) is 23.2 Å². The largest absolute Gasteiger partial charge is 0.423 e. The van der Waals surface area contributed by atoms with Gasteiger partial charge < -0.3 is 14.6 Å². The summed E-state index contributed by atoms with van der Waals surface area (Å²) in [7, 11) is 0. The van der Waals surface area contributed by atoms with Crippen LogP contribution in [0.15, 0.2) is 28.1 Å². The second-order valence-corrected chi connectivity index (χ2v) is 7.91. The maximum absolute atomic E-state index is 13.5. The molecular weight excluding hydrogens is 377 g/mol. The molecule has 3 aliphatic heterocycles. The summed E-state index contributed by atoms with van der Waals surface area (Å²) in [6, 6.07) is 3.28. The van der Waals surface area contributed by atoms with Crippen LogP contribution in [0.4, 0.5) is 19.2 Å². The van der Waals surface area contributed by atoms with Crippen molar-refractivity contribution in [2.24, 2.45) is 0 Å². The third kappa shape index (κ3) is 2.89. The molecule has 0 radical (unpaired) electrons. The summed E-state index contributed by atoms with van der Waals surface area (Å²) in [6.07, 6.45) is 0.268. The SMILES string of the molecule is FC(F)(F)c1ccc(-c2nccs2)c2oc(N3CC4CCCC3CN4)nc12. The number of nitrogens with zero attached hydrogens (tertiary/aromatic N) is 3. The summed E-state index contributed by atoms with van der Waals surface area (Å²) in [5.41, 5.74) is -0.211. The lowest BCUT2D eigenvalue weighted by atomic mass is 10.1. The van der Waals surface area contributed by atoms with Crippen LogP contribution in [0.3, 0.4) is 0 Å². The number of fused-ring (bicyclic) bond motifs is 5. The van der Waals surface area contributed by atoms with Gasteiger partial charge in [0.1, 0.15) is 10.5 Å². The van der Waals surface area contributed by atoms with Crippen molar-refractivity contribution < 1.29 is 17.6 Å². The van der Waals surface area contributed by atoms with Crippen molar-refractivity contribution in [2.75, 3.05) is 18.0 Å². The highest BCUT2D eigenvalue weighted by Gasteiger charge is 2.38. The second-order valence-electron chi connectivity index (χ2n) is 7.01. The van der Waals surface area contributed by atoms with Crippen molar-refractivity contribution in [1.82, 2.24) is 15.3 Å². The summed E-state index contributed by atoms with van der Waals surface area (Å²) >= 11 is 1.36. The van der Waals surface area contributed by atoms with E-state index < -0.39 is 11.7 Å². The first-order chi connectivity index (χ1) is 13.0. The van der Waals surface area contributed by atoms with Crippen molar-refractivity contribution in [1.29, 1.82) is 0 Å². The van der Waals surface area contributed by atoms with E-state index in [1.165, 1.54) is 17.4 Å². The molecular formula is C18H17F3N4OS. The summed E-state index contributed by atoms with van der Waals surface area (Å²) in [4.78, 5) is 10.6. The van der Waals surface area contributed by atoms with E-state index in [2.05, 4.69) is 15.3 Å². The number of benzene rings is 1. The van der Waals surface area contributed by atoms with Gasteiger partial charge in [0.15, 0.2) is 5.58 Å². The summed E-state index contributed by atoms with van der Waals surface area (Å²) in [5.74, 6) is 0. The Balaban J connectivity index is 1.68. The van der Waals surface area contributed by atoms with Gasteiger partial charge in [0.05, 0.1) is 11.1 Å². The first-order valence-corrected chi connectivity index (χ1v) is 9.79. The Morgan fingerprint density at radius 1 is 1.26 bits per heavy atom. The van der Waals surface area contributed by atoms with E-state index in [0.717, 1.165) is 31.9 Å². The molecule has 6 rings (SSSR count). The lowest BCUT2D eigenvalue weighted by molar-refractivity contribution is -0.136. The number of hydrogen-bond donors (Lipinski definition) is 1. The first kappa shape index (κ1) is 17.0. The van der Waals surface area contributed by atoms with Gasteiger partial charge in [-0.05, 0) is 31.4 Å². The number of nitrogens with one attached hydrogen (secondary N) is 1. The van der Waals surface area contributed by atoms with Crippen LogP contribution in [0.2, 0.25) is 0 Å². The summed E-state index contributed by atoms with van der Waals surface area (Å²) in [6.45, 7) is 1.50. The van der Waals surface area contributed by atoms with Crippen LogP contribution >= 0.6 is 11.3 Å². The molecule has 3 aromatic rings. The zero-order valence-electron chi connectivity index (χ0n) is 14.3. The number of oxazole rings is 1. The average Bonchev–Trinajstić information content (AvgIpc) is 3.21. The molecule has 1 aromatic carbocycles. The highest BCUT2D eigenvalue weighted by molar-refractivity contribution is 7.13. The Labute approximate surface area is 157 Å². The van der Waals surface area contributed by atoms with Gasteiger partial charge in [-0.3, -0.25) is 0 Å². The van der Waals surface area contributed by atoms with Crippen molar-refractivity contribution in [3.63, 3.8) is 0 Å². The predicted octanol–water partition coefficient (Wildman–Crippen LogP) is 4.30. The minimum absolute atomic E-state index is 0.140. The fourth-order valence-corrected chi connectivity index (χ4v) is 4.68. The van der Waals surface area contributed by atoms with Gasteiger partial charge in [-0.15, -0.1) is 11.3 Å². The number of aromatic nitrogens is 2. The normalized spacial score (nSPS) is 23.1. The van der Waals surface area contributed by atoms with Crippen LogP contribution in [0.5, 0.6) is 0 Å². The van der Waals surface area contributed by atoms with Gasteiger partial charge in [0.2, 0.25) is 0 Å². The first-order valence-electron chi connectivity index (χ1n) is 8.91. The third-order valence-corrected chi connectivity index (χ3v) is 6.14. The molecule has 2 aromatic heterocycles. The molecule has 0 spiro atoms. The van der Waals surface area contributed by atoms with Crippen LogP contribution in [0.1, 0.15) is 24.8 Å². The Bertz CT molecular complexity index is 965. The second kappa shape index (κ2) is 6.20. The number of rotatable bonds is 2. The van der Waals surface area contributed by atoms with Gasteiger partial charge in [-0.25, -0.2) is 4.98 Å². The van der Waals surface area contributed by atoms with Crippen LogP contribution in [0, 0.1) is 0 Å². The Morgan fingerprint density at radius 3 is 2.93 bits per heavy atom. The Morgan fingerprint density at radius 2 is 2.15 bits per heavy atom. The Hall–Kier alpha value is -2.13. The molecule has 27 heavy (non-hydrogen) atoms. The maximum atomic E-state index is 13.5. The van der Waals surface area contributed by atoms with Crippen LogP contribution in [0.25, 0.3) is 21.7 Å². The molecule has 2 bridgehead atoms. The third-order valence-electron chi connectivity index (χ3n) is 5.34. The Kier molecular flexibility index (Phi) is 3.90. The van der Waals surface area contributed by atoms with Gasteiger partial charge >= 0.3 is 6.18 Å². The number of piperazine rings is 1. The highest BCUT2D eigenvalue weighted by Crippen LogP contribution is 2.41. The molecule has 3 saturated heterocycles. The maximum Gasteiger partial charge on any atom is 0.418 e. The quantitative estimate of drug-likeness (QED) is 0.702. The van der Waals surface area contributed by atoms with Crippen molar-refractivity contribution >= 4 is 28.5 Å². The van der Waals surface area contributed by atoms with E-state index in [4.69, 9.17) is 4.42 Å². The molecule has 5 heterocycles. The lowest BCUT2D eigenvalue weighted by Crippen LogP contribution is -2.54. The molecule has 0 saturated carbocycles. The summed E-state index contributed by atoms with van der Waals surface area (Å²) < 4.78 is 46.6. The number of thiazole rings is 1. The topological polar surface area (TPSA) is 54.2 Å². The van der Waals surface area contributed by atoms with Crippen molar-refractivity contribution in [2.45, 2.75) is 37.5 Å².